The van der Waals surface area contributed by atoms with Crippen molar-refractivity contribution in [3.05, 3.63) is 40.9 Å². The Kier molecular flexibility index (Phi) is 8.75. The van der Waals surface area contributed by atoms with Gasteiger partial charge in [0, 0.05) is 23.2 Å². The molecule has 0 saturated heterocycles. The van der Waals surface area contributed by atoms with Crippen molar-refractivity contribution in [1.82, 2.24) is 10.3 Å². The van der Waals surface area contributed by atoms with E-state index < -0.39 is 5.91 Å². The van der Waals surface area contributed by atoms with Gasteiger partial charge in [-0.05, 0) is 24.6 Å². The lowest BCUT2D eigenvalue weighted by atomic mass is 10.2. The highest BCUT2D eigenvalue weighted by atomic mass is 32.1. The highest BCUT2D eigenvalue weighted by Gasteiger charge is 2.13. The maximum atomic E-state index is 12.3. The fraction of sp³-hybridized carbons (Fsp3) is 0.316. The molecule has 1 aromatic heterocycles. The van der Waals surface area contributed by atoms with Gasteiger partial charge in [-0.25, -0.2) is 4.98 Å². The van der Waals surface area contributed by atoms with E-state index in [1.54, 1.807) is 18.2 Å². The first-order valence-corrected chi connectivity index (χ1v) is 10.2. The van der Waals surface area contributed by atoms with Gasteiger partial charge >= 0.3 is 5.97 Å². The van der Waals surface area contributed by atoms with Crippen molar-refractivity contribution in [2.24, 2.45) is 16.5 Å². The number of unbranched alkanes of at least 4 members (excludes halogenated alkanes) is 1. The summed E-state index contributed by atoms with van der Waals surface area (Å²) in [6, 6.07) is 6.40. The van der Waals surface area contributed by atoms with Crippen LogP contribution in [-0.2, 0) is 9.53 Å². The first-order chi connectivity index (χ1) is 14.4. The molecule has 1 heterocycles. The molecule has 11 heteroatoms. The second-order valence-corrected chi connectivity index (χ2v) is 7.00. The summed E-state index contributed by atoms with van der Waals surface area (Å²) in [5.74, 6) is -1.33. The van der Waals surface area contributed by atoms with Crippen LogP contribution >= 0.6 is 11.3 Å². The fourth-order valence-electron chi connectivity index (χ4n) is 2.25. The third kappa shape index (κ3) is 7.51. The number of nitrogens with zero attached hydrogens (tertiary/aromatic N) is 2. The average molecular weight is 433 g/mol. The van der Waals surface area contributed by atoms with Gasteiger partial charge in [0.15, 0.2) is 5.96 Å². The predicted octanol–water partition coefficient (Wildman–Crippen LogP) is 1.76. The number of esters is 1. The minimum Gasteiger partial charge on any atom is -0.466 e. The number of nitrogens with one attached hydrogen (secondary N) is 2. The van der Waals surface area contributed by atoms with Crippen LogP contribution in [0, 0.1) is 0 Å². The number of amides is 2. The zero-order valence-corrected chi connectivity index (χ0v) is 17.3. The van der Waals surface area contributed by atoms with Crippen LogP contribution in [0.3, 0.4) is 0 Å². The Hall–Kier alpha value is -3.47. The quantitative estimate of drug-likeness (QED) is 0.192. The Labute approximate surface area is 177 Å². The number of thiazole rings is 1. The van der Waals surface area contributed by atoms with E-state index in [0.29, 0.717) is 17.9 Å². The summed E-state index contributed by atoms with van der Waals surface area (Å²) in [6.07, 6.45) is 1.84. The molecule has 0 spiro atoms. The highest BCUT2D eigenvalue weighted by Crippen LogP contribution is 2.19. The van der Waals surface area contributed by atoms with Crippen molar-refractivity contribution in [2.45, 2.75) is 26.2 Å². The van der Waals surface area contributed by atoms with Gasteiger partial charge in [0.25, 0.3) is 11.8 Å². The second-order valence-electron chi connectivity index (χ2n) is 6.17. The molecule has 2 rings (SSSR count). The number of hydrogen-bond acceptors (Lipinski definition) is 7. The highest BCUT2D eigenvalue weighted by molar-refractivity contribution is 7.13. The summed E-state index contributed by atoms with van der Waals surface area (Å²) in [6.45, 7) is 2.55. The maximum absolute atomic E-state index is 12.3. The molecule has 6 N–H and O–H groups in total. The molecule has 0 saturated carbocycles. The normalized spacial score (nSPS) is 10.2. The number of hydrogen-bond donors (Lipinski definition) is 4. The Balaban J connectivity index is 1.88. The van der Waals surface area contributed by atoms with Gasteiger partial charge in [0.2, 0.25) is 5.13 Å². The van der Waals surface area contributed by atoms with Crippen LogP contribution in [0.25, 0.3) is 0 Å². The molecule has 0 aliphatic carbocycles. The third-order valence-corrected chi connectivity index (χ3v) is 4.44. The smallest absolute Gasteiger partial charge is 0.307 e. The van der Waals surface area contributed by atoms with Gasteiger partial charge in [-0.1, -0.05) is 19.4 Å². The summed E-state index contributed by atoms with van der Waals surface area (Å²) < 4.78 is 5.03. The number of rotatable bonds is 10. The summed E-state index contributed by atoms with van der Waals surface area (Å²) in [7, 11) is 0. The van der Waals surface area contributed by atoms with Crippen LogP contribution in [0.1, 0.15) is 47.0 Å². The topological polar surface area (TPSA) is 162 Å². The van der Waals surface area contributed by atoms with Crippen LogP contribution < -0.4 is 22.1 Å². The van der Waals surface area contributed by atoms with Crippen LogP contribution in [0.15, 0.2) is 34.6 Å². The van der Waals surface area contributed by atoms with Gasteiger partial charge in [0.1, 0.15) is 5.69 Å². The number of aliphatic imine (C=N–C) groups is 1. The lowest BCUT2D eigenvalue weighted by Gasteiger charge is -2.08. The van der Waals surface area contributed by atoms with Gasteiger partial charge in [-0.2, -0.15) is 4.99 Å². The molecule has 0 unspecified atom stereocenters. The number of nitrogens with two attached hydrogens (primary N) is 2. The Morgan fingerprint density at radius 1 is 1.23 bits per heavy atom. The molecule has 160 valence electrons. The van der Waals surface area contributed by atoms with Crippen LogP contribution in [0.4, 0.5) is 10.8 Å². The standard InChI is InChI=1S/C19H24N6O4S/c1-2-3-9-29-15(26)7-8-22-16(27)12-5-4-6-13(10-12)23-17(28)14-11-30-19(24-14)25-18(20)21/h4-6,10-11H,2-3,7-9H2,1H3,(H,22,27)(H,23,28)(H4,20,21,24,25). The van der Waals surface area contributed by atoms with Crippen LogP contribution in [0.2, 0.25) is 0 Å². The van der Waals surface area contributed by atoms with E-state index in [0.717, 1.165) is 24.2 Å². The second kappa shape index (κ2) is 11.5. The zero-order valence-electron chi connectivity index (χ0n) is 16.5. The van der Waals surface area contributed by atoms with E-state index in [4.69, 9.17) is 16.2 Å². The number of carbonyl (C=O) groups excluding carboxylic acids is 3. The molecular weight excluding hydrogens is 408 g/mol. The van der Waals surface area contributed by atoms with Gasteiger partial charge in [-0.15, -0.1) is 11.3 Å². The molecule has 0 radical (unpaired) electrons. The molecule has 0 aliphatic heterocycles. The first kappa shape index (κ1) is 22.8. The van der Waals surface area contributed by atoms with Crippen molar-refractivity contribution >= 4 is 45.9 Å². The molecular formula is C19H24N6O4S. The van der Waals surface area contributed by atoms with E-state index in [2.05, 4.69) is 20.6 Å². The van der Waals surface area contributed by atoms with Gasteiger partial charge in [-0.3, -0.25) is 14.4 Å². The van der Waals surface area contributed by atoms with Crippen molar-refractivity contribution in [3.8, 4) is 0 Å². The van der Waals surface area contributed by atoms with E-state index in [1.807, 2.05) is 6.92 Å². The molecule has 2 aromatic rings. The summed E-state index contributed by atoms with van der Waals surface area (Å²) in [5, 5.41) is 7.10. The molecule has 0 bridgehead atoms. The SMILES string of the molecule is CCCCOC(=O)CCNC(=O)c1cccc(NC(=O)c2csc(N=C(N)N)n2)c1. The molecule has 30 heavy (non-hydrogen) atoms. The largest absolute Gasteiger partial charge is 0.466 e. The first-order valence-electron chi connectivity index (χ1n) is 9.29. The maximum Gasteiger partial charge on any atom is 0.307 e. The van der Waals surface area contributed by atoms with Crippen LogP contribution in [-0.4, -0.2) is 41.9 Å². The summed E-state index contributed by atoms with van der Waals surface area (Å²) >= 11 is 1.12. The lowest BCUT2D eigenvalue weighted by Crippen LogP contribution is -2.26. The number of carbonyl (C=O) groups is 3. The van der Waals surface area contributed by atoms with Crippen molar-refractivity contribution in [2.75, 3.05) is 18.5 Å². The average Bonchev–Trinajstić information content (AvgIpc) is 3.16. The molecule has 10 nitrogen and oxygen atoms in total. The number of anilines is 1. The molecule has 2 amide bonds. The minimum absolute atomic E-state index is 0.0911. The minimum atomic E-state index is -0.462. The van der Waals surface area contributed by atoms with Crippen molar-refractivity contribution in [1.29, 1.82) is 0 Å². The molecule has 0 aliphatic rings. The Morgan fingerprint density at radius 3 is 2.77 bits per heavy atom. The molecule has 1 aromatic carbocycles. The predicted molar refractivity (Wildman–Crippen MR) is 115 cm³/mol. The van der Waals surface area contributed by atoms with E-state index in [1.165, 1.54) is 11.4 Å². The third-order valence-electron chi connectivity index (χ3n) is 3.71. The summed E-state index contributed by atoms with van der Waals surface area (Å²) in [5.41, 5.74) is 11.5. The lowest BCUT2D eigenvalue weighted by molar-refractivity contribution is -0.143. The van der Waals surface area contributed by atoms with Crippen molar-refractivity contribution < 1.29 is 19.1 Å². The number of guanidine groups is 1. The fourth-order valence-corrected chi connectivity index (χ4v) is 2.93. The zero-order chi connectivity index (χ0) is 21.9. The number of aromatic nitrogens is 1. The van der Waals surface area contributed by atoms with E-state index >= 15 is 0 Å². The Bertz CT molecular complexity index is 923. The Morgan fingerprint density at radius 2 is 2.03 bits per heavy atom. The van der Waals surface area contributed by atoms with E-state index in [9.17, 15) is 14.4 Å². The van der Waals surface area contributed by atoms with Gasteiger partial charge < -0.3 is 26.8 Å². The van der Waals surface area contributed by atoms with Crippen molar-refractivity contribution in [3.63, 3.8) is 0 Å². The van der Waals surface area contributed by atoms with E-state index in [-0.39, 0.29) is 41.6 Å². The molecule has 0 fully saturated rings. The monoisotopic (exact) mass is 432 g/mol. The number of benzene rings is 1. The summed E-state index contributed by atoms with van der Waals surface area (Å²) in [4.78, 5) is 44.0. The van der Waals surface area contributed by atoms with Gasteiger partial charge in [0.05, 0.1) is 13.0 Å². The molecule has 0 atom stereocenters. The van der Waals surface area contributed by atoms with Crippen LogP contribution in [0.5, 0.6) is 0 Å². The number of ether oxygens (including phenoxy) is 1.